The van der Waals surface area contributed by atoms with Crippen molar-refractivity contribution in [2.24, 2.45) is 0 Å². The Morgan fingerprint density at radius 3 is 2.35 bits per heavy atom. The Labute approximate surface area is 119 Å². The Morgan fingerprint density at radius 2 is 1.85 bits per heavy atom. The number of carbonyl (C=O) groups is 1. The second-order valence-electron chi connectivity index (χ2n) is 5.36. The van der Waals surface area contributed by atoms with Gasteiger partial charge >= 0.3 is 5.97 Å². The summed E-state index contributed by atoms with van der Waals surface area (Å²) in [6, 6.07) is 8.17. The van der Waals surface area contributed by atoms with Gasteiger partial charge in [-0.15, -0.1) is 0 Å². The number of hydrogen-bond donors (Lipinski definition) is 1. The lowest BCUT2D eigenvalue weighted by atomic mass is 10.0. The minimum Gasteiger partial charge on any atom is -0.480 e. The van der Waals surface area contributed by atoms with Gasteiger partial charge in [0.2, 0.25) is 0 Å². The first kappa shape index (κ1) is 14.3. The van der Waals surface area contributed by atoms with Crippen molar-refractivity contribution >= 4 is 5.97 Å². The summed E-state index contributed by atoms with van der Waals surface area (Å²) in [7, 11) is 0. The van der Waals surface area contributed by atoms with Crippen molar-refractivity contribution in [1.82, 2.24) is 9.55 Å². The van der Waals surface area contributed by atoms with E-state index in [0.29, 0.717) is 5.92 Å². The van der Waals surface area contributed by atoms with Crippen LogP contribution in [-0.2, 0) is 11.3 Å². The van der Waals surface area contributed by atoms with Crippen LogP contribution in [-0.4, -0.2) is 20.6 Å². The first-order valence-corrected chi connectivity index (χ1v) is 6.76. The molecule has 1 heterocycles. The number of rotatable bonds is 4. The molecule has 1 aromatic carbocycles. The van der Waals surface area contributed by atoms with Gasteiger partial charge in [0, 0.05) is 11.3 Å². The SMILES string of the molecule is Cc1nc(-c2ccc(C(C)C)cc2)n(CC(=O)O)c1C. The molecule has 1 N–H and O–H groups in total. The van der Waals surface area contributed by atoms with Crippen LogP contribution < -0.4 is 0 Å². The molecule has 0 aliphatic rings. The van der Waals surface area contributed by atoms with Crippen LogP contribution in [0.25, 0.3) is 11.4 Å². The molecule has 0 aliphatic heterocycles. The third-order valence-electron chi connectivity index (χ3n) is 3.59. The molecule has 0 atom stereocenters. The molecular formula is C16H20N2O2. The molecule has 0 radical (unpaired) electrons. The molecule has 0 bridgehead atoms. The average Bonchev–Trinajstić information content (AvgIpc) is 2.66. The fraction of sp³-hybridized carbons (Fsp3) is 0.375. The third-order valence-corrected chi connectivity index (χ3v) is 3.59. The Morgan fingerprint density at radius 1 is 1.25 bits per heavy atom. The quantitative estimate of drug-likeness (QED) is 0.928. The molecule has 1 aromatic heterocycles. The third kappa shape index (κ3) is 2.74. The van der Waals surface area contributed by atoms with Crippen LogP contribution in [0.1, 0.15) is 36.7 Å². The van der Waals surface area contributed by atoms with Crippen molar-refractivity contribution < 1.29 is 9.90 Å². The van der Waals surface area contributed by atoms with Gasteiger partial charge in [-0.1, -0.05) is 38.1 Å². The van der Waals surface area contributed by atoms with Crippen LogP contribution in [0.4, 0.5) is 0 Å². The zero-order valence-electron chi connectivity index (χ0n) is 12.3. The minimum absolute atomic E-state index is 0.0616. The van der Waals surface area contributed by atoms with Crippen molar-refractivity contribution in [2.75, 3.05) is 0 Å². The second kappa shape index (κ2) is 5.49. The van der Waals surface area contributed by atoms with Crippen LogP contribution in [0.2, 0.25) is 0 Å². The molecule has 0 spiro atoms. The highest BCUT2D eigenvalue weighted by Crippen LogP contribution is 2.24. The molecule has 0 unspecified atom stereocenters. The number of carboxylic acids is 1. The summed E-state index contributed by atoms with van der Waals surface area (Å²) in [5.74, 6) is 0.342. The van der Waals surface area contributed by atoms with E-state index in [1.807, 2.05) is 26.0 Å². The van der Waals surface area contributed by atoms with Gasteiger partial charge < -0.3 is 9.67 Å². The van der Waals surface area contributed by atoms with Gasteiger partial charge in [-0.25, -0.2) is 4.98 Å². The Kier molecular flexibility index (Phi) is 3.93. The maximum Gasteiger partial charge on any atom is 0.323 e. The van der Waals surface area contributed by atoms with Crippen LogP contribution >= 0.6 is 0 Å². The Balaban J connectivity index is 2.46. The van der Waals surface area contributed by atoms with Gasteiger partial charge in [-0.2, -0.15) is 0 Å². The molecule has 4 nitrogen and oxygen atoms in total. The number of carboxylic acid groups (broad SMARTS) is 1. The number of imidazole rings is 1. The lowest BCUT2D eigenvalue weighted by Gasteiger charge is -2.09. The van der Waals surface area contributed by atoms with E-state index in [2.05, 4.69) is 31.0 Å². The largest absolute Gasteiger partial charge is 0.480 e. The monoisotopic (exact) mass is 272 g/mol. The van der Waals surface area contributed by atoms with Crippen molar-refractivity contribution in [3.8, 4) is 11.4 Å². The maximum absolute atomic E-state index is 11.0. The second-order valence-corrected chi connectivity index (χ2v) is 5.36. The van der Waals surface area contributed by atoms with Gasteiger partial charge in [0.05, 0.1) is 5.69 Å². The number of benzene rings is 1. The fourth-order valence-corrected chi connectivity index (χ4v) is 2.22. The van der Waals surface area contributed by atoms with Gasteiger partial charge in [0.15, 0.2) is 0 Å². The van der Waals surface area contributed by atoms with Crippen molar-refractivity contribution in [3.05, 3.63) is 41.2 Å². The molecule has 0 saturated heterocycles. The van der Waals surface area contributed by atoms with E-state index in [0.717, 1.165) is 22.8 Å². The smallest absolute Gasteiger partial charge is 0.323 e. The summed E-state index contributed by atoms with van der Waals surface area (Å²) in [6.07, 6.45) is 0. The zero-order valence-corrected chi connectivity index (χ0v) is 12.3. The normalized spacial score (nSPS) is 11.1. The van der Waals surface area contributed by atoms with E-state index in [9.17, 15) is 4.79 Å². The minimum atomic E-state index is -0.856. The van der Waals surface area contributed by atoms with Gasteiger partial charge in [0.25, 0.3) is 0 Å². The molecule has 2 rings (SSSR count). The summed E-state index contributed by atoms with van der Waals surface area (Å²) in [5, 5.41) is 9.04. The Bertz CT molecular complexity index is 625. The number of aryl methyl sites for hydroxylation is 1. The van der Waals surface area contributed by atoms with E-state index >= 15 is 0 Å². The number of hydrogen-bond acceptors (Lipinski definition) is 2. The molecule has 4 heteroatoms. The topological polar surface area (TPSA) is 55.1 Å². The van der Waals surface area contributed by atoms with E-state index in [1.54, 1.807) is 4.57 Å². The predicted molar refractivity (Wildman–Crippen MR) is 78.9 cm³/mol. The zero-order chi connectivity index (χ0) is 14.9. The first-order valence-electron chi connectivity index (χ1n) is 6.76. The standard InChI is InChI=1S/C16H20N2O2/c1-10(2)13-5-7-14(8-6-13)16-17-11(3)12(4)18(16)9-15(19)20/h5-8,10H,9H2,1-4H3,(H,19,20). The van der Waals surface area contributed by atoms with Gasteiger partial charge in [-0.05, 0) is 25.3 Å². The molecule has 0 aliphatic carbocycles. The van der Waals surface area contributed by atoms with Crippen molar-refractivity contribution in [3.63, 3.8) is 0 Å². The number of nitrogens with zero attached hydrogens (tertiary/aromatic N) is 2. The van der Waals surface area contributed by atoms with Crippen LogP contribution in [0.5, 0.6) is 0 Å². The molecule has 106 valence electrons. The lowest BCUT2D eigenvalue weighted by molar-refractivity contribution is -0.137. The molecule has 0 fully saturated rings. The molecule has 0 amide bonds. The van der Waals surface area contributed by atoms with Crippen LogP contribution in [0.3, 0.4) is 0 Å². The van der Waals surface area contributed by atoms with E-state index in [1.165, 1.54) is 5.56 Å². The summed E-state index contributed by atoms with van der Waals surface area (Å²) in [6.45, 7) is 8.04. The summed E-state index contributed by atoms with van der Waals surface area (Å²) in [5.41, 5.74) is 3.98. The highest BCUT2D eigenvalue weighted by Gasteiger charge is 2.15. The number of aromatic nitrogens is 2. The van der Waals surface area contributed by atoms with Crippen LogP contribution in [0, 0.1) is 13.8 Å². The summed E-state index contributed by atoms with van der Waals surface area (Å²) < 4.78 is 1.75. The summed E-state index contributed by atoms with van der Waals surface area (Å²) >= 11 is 0. The maximum atomic E-state index is 11.0. The Hall–Kier alpha value is -2.10. The molecule has 0 saturated carbocycles. The number of aliphatic carboxylic acids is 1. The van der Waals surface area contributed by atoms with E-state index in [-0.39, 0.29) is 6.54 Å². The molecule has 20 heavy (non-hydrogen) atoms. The average molecular weight is 272 g/mol. The lowest BCUT2D eigenvalue weighted by Crippen LogP contribution is -2.11. The predicted octanol–water partition coefficient (Wildman–Crippen LogP) is 3.37. The highest BCUT2D eigenvalue weighted by molar-refractivity contribution is 5.68. The molecule has 2 aromatic rings. The fourth-order valence-electron chi connectivity index (χ4n) is 2.22. The van der Waals surface area contributed by atoms with E-state index in [4.69, 9.17) is 5.11 Å². The van der Waals surface area contributed by atoms with E-state index < -0.39 is 5.97 Å². The van der Waals surface area contributed by atoms with Crippen molar-refractivity contribution in [1.29, 1.82) is 0 Å². The van der Waals surface area contributed by atoms with Crippen LogP contribution in [0.15, 0.2) is 24.3 Å². The van der Waals surface area contributed by atoms with Crippen molar-refractivity contribution in [2.45, 2.75) is 40.2 Å². The summed E-state index contributed by atoms with van der Waals surface area (Å²) in [4.78, 5) is 15.5. The van der Waals surface area contributed by atoms with Gasteiger partial charge in [-0.3, -0.25) is 4.79 Å². The highest BCUT2D eigenvalue weighted by atomic mass is 16.4. The first-order chi connectivity index (χ1) is 9.40. The van der Waals surface area contributed by atoms with Gasteiger partial charge in [0.1, 0.15) is 12.4 Å². The molecular weight excluding hydrogens is 252 g/mol.